The number of nitrogens with zero attached hydrogens (tertiary/aromatic N) is 4. The quantitative estimate of drug-likeness (QED) is 0.567. The summed E-state index contributed by atoms with van der Waals surface area (Å²) in [6.07, 6.45) is 3.44. The van der Waals surface area contributed by atoms with Crippen molar-refractivity contribution in [2.24, 2.45) is 5.92 Å². The van der Waals surface area contributed by atoms with E-state index in [9.17, 15) is 23.6 Å². The predicted molar refractivity (Wildman–Crippen MR) is 112 cm³/mol. The van der Waals surface area contributed by atoms with Gasteiger partial charge in [0.25, 0.3) is 0 Å². The SMILES string of the molecule is Cc1cc(NC(=O)CN2C(=O)C(=O)N(C3CCCCC3C)C2=O)n(-c2ccc(F)cc2)n1. The van der Waals surface area contributed by atoms with E-state index >= 15 is 0 Å². The van der Waals surface area contributed by atoms with Gasteiger partial charge in [-0.05, 0) is 49.9 Å². The first kappa shape index (κ1) is 21.7. The standard InChI is InChI=1S/C22H24FN5O4/c1-13-5-3-4-6-17(13)27-21(31)20(30)26(22(27)32)12-19(29)24-18-11-14(2)25-28(18)16-9-7-15(23)8-10-16/h7-11,13,17H,3-6,12H2,1-2H3,(H,24,29). The second-order valence-electron chi connectivity index (χ2n) is 8.29. The first-order valence-electron chi connectivity index (χ1n) is 10.6. The number of rotatable bonds is 5. The number of nitrogens with one attached hydrogen (secondary N) is 1. The topological polar surface area (TPSA) is 105 Å². The molecule has 10 heteroatoms. The molecule has 2 unspecified atom stereocenters. The molecule has 1 aliphatic heterocycles. The maximum absolute atomic E-state index is 13.2. The molecular weight excluding hydrogens is 417 g/mol. The second-order valence-corrected chi connectivity index (χ2v) is 8.29. The van der Waals surface area contributed by atoms with Crippen LogP contribution in [0.4, 0.5) is 15.0 Å². The molecule has 168 valence electrons. The summed E-state index contributed by atoms with van der Waals surface area (Å²) in [6, 6.07) is 6.08. The summed E-state index contributed by atoms with van der Waals surface area (Å²) in [7, 11) is 0. The Balaban J connectivity index is 1.49. The normalized spacial score (nSPS) is 21.4. The molecule has 1 aromatic carbocycles. The molecule has 5 amide bonds. The molecule has 1 N–H and O–H groups in total. The first-order chi connectivity index (χ1) is 15.3. The molecule has 32 heavy (non-hydrogen) atoms. The number of carbonyl (C=O) groups excluding carboxylic acids is 4. The van der Waals surface area contributed by atoms with Crippen molar-refractivity contribution < 1.29 is 23.6 Å². The van der Waals surface area contributed by atoms with Crippen molar-refractivity contribution in [3.8, 4) is 5.69 Å². The third-order valence-electron chi connectivity index (χ3n) is 5.95. The number of urea groups is 1. The van der Waals surface area contributed by atoms with Crippen LogP contribution in [0.2, 0.25) is 0 Å². The Hall–Kier alpha value is -3.56. The third-order valence-corrected chi connectivity index (χ3v) is 5.95. The highest BCUT2D eigenvalue weighted by Gasteiger charge is 2.49. The van der Waals surface area contributed by atoms with E-state index in [1.54, 1.807) is 13.0 Å². The molecule has 1 aromatic heterocycles. The second kappa shape index (κ2) is 8.52. The zero-order chi connectivity index (χ0) is 23.0. The lowest BCUT2D eigenvalue weighted by Crippen LogP contribution is -2.46. The van der Waals surface area contributed by atoms with E-state index < -0.39 is 36.1 Å². The number of halogens is 1. The number of anilines is 1. The van der Waals surface area contributed by atoms with Crippen LogP contribution < -0.4 is 5.32 Å². The predicted octanol–water partition coefficient (Wildman–Crippen LogP) is 2.63. The molecule has 2 fully saturated rings. The number of benzene rings is 1. The summed E-state index contributed by atoms with van der Waals surface area (Å²) in [5.74, 6) is -2.54. The fraction of sp³-hybridized carbons (Fsp3) is 0.409. The van der Waals surface area contributed by atoms with E-state index in [0.717, 1.165) is 24.2 Å². The third kappa shape index (κ3) is 4.00. The van der Waals surface area contributed by atoms with E-state index in [-0.39, 0.29) is 12.0 Å². The Morgan fingerprint density at radius 1 is 1.12 bits per heavy atom. The minimum absolute atomic E-state index is 0.103. The Morgan fingerprint density at radius 2 is 1.81 bits per heavy atom. The fourth-order valence-corrected chi connectivity index (χ4v) is 4.33. The minimum atomic E-state index is -0.994. The van der Waals surface area contributed by atoms with Crippen LogP contribution in [0, 0.1) is 18.7 Å². The molecule has 0 radical (unpaired) electrons. The zero-order valence-electron chi connectivity index (χ0n) is 17.9. The van der Waals surface area contributed by atoms with Gasteiger partial charge in [-0.1, -0.05) is 19.8 Å². The van der Waals surface area contributed by atoms with Gasteiger partial charge in [0.2, 0.25) is 5.91 Å². The molecule has 1 saturated carbocycles. The van der Waals surface area contributed by atoms with Crippen LogP contribution in [0.1, 0.15) is 38.3 Å². The van der Waals surface area contributed by atoms with E-state index in [4.69, 9.17) is 0 Å². The average molecular weight is 441 g/mol. The monoisotopic (exact) mass is 441 g/mol. The molecule has 0 bridgehead atoms. The summed E-state index contributed by atoms with van der Waals surface area (Å²) in [5.41, 5.74) is 1.13. The van der Waals surface area contributed by atoms with Crippen molar-refractivity contribution in [3.05, 3.63) is 41.8 Å². The number of aryl methyl sites for hydroxylation is 1. The molecule has 2 heterocycles. The number of carbonyl (C=O) groups is 4. The molecule has 4 rings (SSSR count). The number of hydrogen-bond donors (Lipinski definition) is 1. The highest BCUT2D eigenvalue weighted by atomic mass is 19.1. The van der Waals surface area contributed by atoms with Crippen LogP contribution in [0.3, 0.4) is 0 Å². The lowest BCUT2D eigenvalue weighted by molar-refractivity contribution is -0.145. The molecule has 0 spiro atoms. The number of aromatic nitrogens is 2. The summed E-state index contributed by atoms with van der Waals surface area (Å²) in [4.78, 5) is 52.2. The van der Waals surface area contributed by atoms with Crippen molar-refractivity contribution >= 4 is 29.6 Å². The van der Waals surface area contributed by atoms with Gasteiger partial charge in [-0.15, -0.1) is 0 Å². The van der Waals surface area contributed by atoms with E-state index in [1.807, 2.05) is 6.92 Å². The van der Waals surface area contributed by atoms with Gasteiger partial charge < -0.3 is 5.32 Å². The van der Waals surface area contributed by atoms with E-state index in [1.165, 1.54) is 28.9 Å². The van der Waals surface area contributed by atoms with Gasteiger partial charge in [0.1, 0.15) is 18.2 Å². The van der Waals surface area contributed by atoms with Crippen molar-refractivity contribution in [1.82, 2.24) is 19.6 Å². The highest BCUT2D eigenvalue weighted by Crippen LogP contribution is 2.31. The van der Waals surface area contributed by atoms with E-state index in [0.29, 0.717) is 28.5 Å². The largest absolute Gasteiger partial charge is 0.334 e. The Morgan fingerprint density at radius 3 is 2.50 bits per heavy atom. The van der Waals surface area contributed by atoms with Gasteiger partial charge in [0.05, 0.1) is 11.4 Å². The fourth-order valence-electron chi connectivity index (χ4n) is 4.33. The van der Waals surface area contributed by atoms with Crippen LogP contribution in [0.5, 0.6) is 0 Å². The molecule has 1 aliphatic carbocycles. The number of hydrogen-bond acceptors (Lipinski definition) is 5. The first-order valence-corrected chi connectivity index (χ1v) is 10.6. The average Bonchev–Trinajstić information content (AvgIpc) is 3.21. The van der Waals surface area contributed by atoms with Crippen LogP contribution >= 0.6 is 0 Å². The number of imide groups is 2. The number of amides is 5. The van der Waals surface area contributed by atoms with Crippen LogP contribution in [0.25, 0.3) is 5.69 Å². The van der Waals surface area contributed by atoms with Gasteiger partial charge in [-0.2, -0.15) is 5.10 Å². The van der Waals surface area contributed by atoms with Crippen molar-refractivity contribution in [1.29, 1.82) is 0 Å². The van der Waals surface area contributed by atoms with Crippen LogP contribution in [-0.4, -0.2) is 55.9 Å². The summed E-state index contributed by atoms with van der Waals surface area (Å²) in [5, 5.41) is 6.91. The lowest BCUT2D eigenvalue weighted by Gasteiger charge is -2.34. The molecule has 2 aliphatic rings. The molecular formula is C22H24FN5O4. The molecule has 1 saturated heterocycles. The molecule has 2 atom stereocenters. The summed E-state index contributed by atoms with van der Waals surface area (Å²) < 4.78 is 14.7. The van der Waals surface area contributed by atoms with Crippen LogP contribution in [-0.2, 0) is 14.4 Å². The Labute approximate surface area is 184 Å². The molecule has 2 aromatic rings. The lowest BCUT2D eigenvalue weighted by atomic mass is 9.85. The van der Waals surface area contributed by atoms with Gasteiger partial charge >= 0.3 is 17.8 Å². The van der Waals surface area contributed by atoms with Crippen molar-refractivity contribution in [3.63, 3.8) is 0 Å². The molecule has 9 nitrogen and oxygen atoms in total. The Bertz CT molecular complexity index is 1080. The maximum Gasteiger partial charge on any atom is 0.334 e. The van der Waals surface area contributed by atoms with Crippen molar-refractivity contribution in [2.75, 3.05) is 11.9 Å². The summed E-state index contributed by atoms with van der Waals surface area (Å²) in [6.45, 7) is 3.10. The Kier molecular flexibility index (Phi) is 5.77. The van der Waals surface area contributed by atoms with Gasteiger partial charge in [0.15, 0.2) is 0 Å². The van der Waals surface area contributed by atoms with Crippen molar-refractivity contribution in [2.45, 2.75) is 45.6 Å². The van der Waals surface area contributed by atoms with Gasteiger partial charge in [-0.3, -0.25) is 19.3 Å². The van der Waals surface area contributed by atoms with E-state index in [2.05, 4.69) is 10.4 Å². The summed E-state index contributed by atoms with van der Waals surface area (Å²) >= 11 is 0. The van der Waals surface area contributed by atoms with Gasteiger partial charge in [0, 0.05) is 12.1 Å². The zero-order valence-corrected chi connectivity index (χ0v) is 17.9. The van der Waals surface area contributed by atoms with Crippen LogP contribution in [0.15, 0.2) is 30.3 Å². The highest BCUT2D eigenvalue weighted by molar-refractivity contribution is 6.45. The minimum Gasteiger partial charge on any atom is -0.309 e. The maximum atomic E-state index is 13.2. The smallest absolute Gasteiger partial charge is 0.309 e. The van der Waals surface area contributed by atoms with Gasteiger partial charge in [-0.25, -0.2) is 18.8 Å².